The maximum atomic E-state index is 11.8. The van der Waals surface area contributed by atoms with Crippen molar-refractivity contribution in [3.63, 3.8) is 0 Å². The highest BCUT2D eigenvalue weighted by Gasteiger charge is 2.35. The van der Waals surface area contributed by atoms with Crippen molar-refractivity contribution in [3.05, 3.63) is 0 Å². The van der Waals surface area contributed by atoms with Crippen LogP contribution in [0.1, 0.15) is 39.0 Å². The number of carbonyl (C=O) groups is 2. The molecule has 0 spiro atoms. The third-order valence-corrected chi connectivity index (χ3v) is 3.10. The Morgan fingerprint density at radius 3 is 2.67 bits per heavy atom. The van der Waals surface area contributed by atoms with E-state index < -0.39 is 0 Å². The van der Waals surface area contributed by atoms with Gasteiger partial charge in [-0.25, -0.2) is 0 Å². The first kappa shape index (κ1) is 10.5. The van der Waals surface area contributed by atoms with Gasteiger partial charge in [-0.15, -0.1) is 0 Å². The van der Waals surface area contributed by atoms with Crippen molar-refractivity contribution in [1.82, 2.24) is 10.2 Å². The van der Waals surface area contributed by atoms with Gasteiger partial charge >= 0.3 is 0 Å². The van der Waals surface area contributed by atoms with Crippen LogP contribution in [0.3, 0.4) is 0 Å². The van der Waals surface area contributed by atoms with Crippen molar-refractivity contribution in [3.8, 4) is 0 Å². The number of rotatable bonds is 3. The van der Waals surface area contributed by atoms with Crippen LogP contribution in [0.2, 0.25) is 0 Å². The van der Waals surface area contributed by atoms with Crippen molar-refractivity contribution in [1.29, 1.82) is 0 Å². The van der Waals surface area contributed by atoms with E-state index in [4.69, 9.17) is 0 Å². The molecule has 0 aromatic heterocycles. The van der Waals surface area contributed by atoms with Gasteiger partial charge in [-0.05, 0) is 25.7 Å². The van der Waals surface area contributed by atoms with Crippen molar-refractivity contribution in [2.45, 2.75) is 51.1 Å². The van der Waals surface area contributed by atoms with Gasteiger partial charge in [-0.2, -0.15) is 0 Å². The lowest BCUT2D eigenvalue weighted by atomic mass is 10.2. The van der Waals surface area contributed by atoms with Gasteiger partial charge in [0.25, 0.3) is 0 Å². The van der Waals surface area contributed by atoms with Crippen LogP contribution in [-0.4, -0.2) is 35.3 Å². The van der Waals surface area contributed by atoms with Gasteiger partial charge in [0.05, 0.1) is 0 Å². The second kappa shape index (κ2) is 4.21. The van der Waals surface area contributed by atoms with Crippen LogP contribution in [0, 0.1) is 0 Å². The molecule has 4 nitrogen and oxygen atoms in total. The zero-order valence-electron chi connectivity index (χ0n) is 9.16. The van der Waals surface area contributed by atoms with Crippen LogP contribution in [0.4, 0.5) is 0 Å². The molecule has 84 valence electrons. The molecule has 15 heavy (non-hydrogen) atoms. The molecule has 1 atom stereocenters. The molecule has 0 radical (unpaired) electrons. The first-order chi connectivity index (χ1) is 7.22. The summed E-state index contributed by atoms with van der Waals surface area (Å²) in [5.41, 5.74) is 0. The van der Waals surface area contributed by atoms with Crippen LogP contribution in [0.15, 0.2) is 0 Å². The largest absolute Gasteiger partial charge is 0.352 e. The van der Waals surface area contributed by atoms with E-state index in [9.17, 15) is 9.59 Å². The van der Waals surface area contributed by atoms with Gasteiger partial charge in [-0.3, -0.25) is 9.59 Å². The fraction of sp³-hybridized carbons (Fsp3) is 0.818. The zero-order valence-corrected chi connectivity index (χ0v) is 9.16. The van der Waals surface area contributed by atoms with Crippen molar-refractivity contribution in [2.75, 3.05) is 6.54 Å². The van der Waals surface area contributed by atoms with E-state index in [-0.39, 0.29) is 17.9 Å². The molecule has 1 heterocycles. The van der Waals surface area contributed by atoms with E-state index in [1.165, 1.54) is 0 Å². The monoisotopic (exact) mass is 210 g/mol. The molecule has 1 saturated heterocycles. The van der Waals surface area contributed by atoms with E-state index in [2.05, 4.69) is 5.32 Å². The summed E-state index contributed by atoms with van der Waals surface area (Å²) >= 11 is 0. The van der Waals surface area contributed by atoms with Crippen LogP contribution >= 0.6 is 0 Å². The molecular weight excluding hydrogens is 192 g/mol. The van der Waals surface area contributed by atoms with Crippen LogP contribution in [0.25, 0.3) is 0 Å². The first-order valence-electron chi connectivity index (χ1n) is 5.82. The maximum Gasteiger partial charge on any atom is 0.243 e. The molecule has 0 aromatic rings. The molecule has 0 bridgehead atoms. The lowest BCUT2D eigenvalue weighted by Gasteiger charge is -2.23. The van der Waals surface area contributed by atoms with E-state index >= 15 is 0 Å². The normalized spacial score (nSPS) is 25.4. The molecule has 1 aliphatic heterocycles. The number of hydrogen-bond acceptors (Lipinski definition) is 2. The Balaban J connectivity index is 1.93. The molecule has 1 aliphatic carbocycles. The minimum atomic E-state index is -0.196. The average molecular weight is 210 g/mol. The molecule has 2 amide bonds. The van der Waals surface area contributed by atoms with Crippen molar-refractivity contribution < 1.29 is 9.59 Å². The number of carbonyl (C=O) groups excluding carboxylic acids is 2. The van der Waals surface area contributed by atoms with Crippen LogP contribution in [0.5, 0.6) is 0 Å². The number of amides is 2. The average Bonchev–Trinajstić information content (AvgIpc) is 2.90. The number of nitrogens with one attached hydrogen (secondary N) is 1. The zero-order chi connectivity index (χ0) is 10.8. The third-order valence-electron chi connectivity index (χ3n) is 3.10. The van der Waals surface area contributed by atoms with E-state index in [1.807, 2.05) is 6.92 Å². The maximum absolute atomic E-state index is 11.8. The smallest absolute Gasteiger partial charge is 0.243 e. The van der Waals surface area contributed by atoms with Crippen LogP contribution in [-0.2, 0) is 9.59 Å². The molecule has 2 rings (SSSR count). The van der Waals surface area contributed by atoms with Crippen molar-refractivity contribution in [2.24, 2.45) is 0 Å². The van der Waals surface area contributed by atoms with Crippen LogP contribution < -0.4 is 5.32 Å². The lowest BCUT2D eigenvalue weighted by molar-refractivity contribution is -0.138. The molecule has 0 aromatic carbocycles. The Labute approximate surface area is 90.0 Å². The fourth-order valence-corrected chi connectivity index (χ4v) is 2.07. The lowest BCUT2D eigenvalue weighted by Crippen LogP contribution is -2.46. The summed E-state index contributed by atoms with van der Waals surface area (Å²) < 4.78 is 0. The SMILES string of the molecule is CCC(=O)N1CCCC1C(=O)NC1CC1. The van der Waals surface area contributed by atoms with Crippen molar-refractivity contribution >= 4 is 11.8 Å². The number of hydrogen-bond donors (Lipinski definition) is 1. The van der Waals surface area contributed by atoms with E-state index in [0.29, 0.717) is 12.5 Å². The minimum absolute atomic E-state index is 0.0526. The van der Waals surface area contributed by atoms with Gasteiger partial charge in [0.2, 0.25) is 11.8 Å². The Bertz CT molecular complexity index is 274. The highest BCUT2D eigenvalue weighted by atomic mass is 16.2. The summed E-state index contributed by atoms with van der Waals surface area (Å²) in [5.74, 6) is 0.153. The number of likely N-dealkylation sites (tertiary alicyclic amines) is 1. The molecular formula is C11H18N2O2. The fourth-order valence-electron chi connectivity index (χ4n) is 2.07. The molecule has 2 aliphatic rings. The Kier molecular flexibility index (Phi) is 2.93. The second-order valence-corrected chi connectivity index (χ2v) is 4.38. The van der Waals surface area contributed by atoms with Gasteiger partial charge in [0, 0.05) is 19.0 Å². The predicted molar refractivity (Wildman–Crippen MR) is 56.2 cm³/mol. The summed E-state index contributed by atoms with van der Waals surface area (Å²) in [6, 6.07) is 0.190. The topological polar surface area (TPSA) is 49.4 Å². The summed E-state index contributed by atoms with van der Waals surface area (Å²) in [6.07, 6.45) is 4.46. The summed E-state index contributed by atoms with van der Waals surface area (Å²) in [5, 5.41) is 2.97. The highest BCUT2D eigenvalue weighted by molar-refractivity contribution is 5.88. The molecule has 4 heteroatoms. The minimum Gasteiger partial charge on any atom is -0.352 e. The summed E-state index contributed by atoms with van der Waals surface area (Å²) in [4.78, 5) is 25.1. The second-order valence-electron chi connectivity index (χ2n) is 4.38. The van der Waals surface area contributed by atoms with E-state index in [1.54, 1.807) is 4.90 Å². The molecule has 1 unspecified atom stereocenters. The Morgan fingerprint density at radius 2 is 2.07 bits per heavy atom. The number of nitrogens with zero attached hydrogens (tertiary/aromatic N) is 1. The van der Waals surface area contributed by atoms with Gasteiger partial charge in [0.1, 0.15) is 6.04 Å². The molecule has 2 fully saturated rings. The van der Waals surface area contributed by atoms with E-state index in [0.717, 1.165) is 32.2 Å². The summed E-state index contributed by atoms with van der Waals surface area (Å²) in [7, 11) is 0. The highest BCUT2D eigenvalue weighted by Crippen LogP contribution is 2.22. The predicted octanol–water partition coefficient (Wildman–Crippen LogP) is 0.666. The third kappa shape index (κ3) is 2.30. The Hall–Kier alpha value is -1.06. The Morgan fingerprint density at radius 1 is 1.33 bits per heavy atom. The quantitative estimate of drug-likeness (QED) is 0.744. The van der Waals surface area contributed by atoms with Gasteiger partial charge in [-0.1, -0.05) is 6.92 Å². The molecule has 1 N–H and O–H groups in total. The standard InChI is InChI=1S/C11H18N2O2/c1-2-10(14)13-7-3-4-9(13)11(15)12-8-5-6-8/h8-9H,2-7H2,1H3,(H,12,15). The molecule has 1 saturated carbocycles. The van der Waals surface area contributed by atoms with Gasteiger partial charge in [0.15, 0.2) is 0 Å². The first-order valence-corrected chi connectivity index (χ1v) is 5.82. The van der Waals surface area contributed by atoms with Gasteiger partial charge < -0.3 is 10.2 Å². The summed E-state index contributed by atoms with van der Waals surface area (Å²) in [6.45, 7) is 2.59.